The Labute approximate surface area is 105 Å². The number of rotatable bonds is 3. The number of carbonyl (C=O) groups excluding carboxylic acids is 1. The molecule has 3 rings (SSSR count). The van der Waals surface area contributed by atoms with Crippen molar-refractivity contribution in [2.45, 2.75) is 38.7 Å². The van der Waals surface area contributed by atoms with E-state index in [1.807, 2.05) is 12.3 Å². The summed E-state index contributed by atoms with van der Waals surface area (Å²) in [6, 6.07) is 0. The van der Waals surface area contributed by atoms with Crippen molar-refractivity contribution in [3.05, 3.63) is 16.6 Å². The van der Waals surface area contributed by atoms with Gasteiger partial charge in [0.1, 0.15) is 5.01 Å². The highest BCUT2D eigenvalue weighted by Crippen LogP contribution is 2.49. The van der Waals surface area contributed by atoms with E-state index in [1.165, 1.54) is 19.3 Å². The Hall–Kier alpha value is -0.900. The number of aromatic nitrogens is 1. The molecule has 2 fully saturated rings. The maximum absolute atomic E-state index is 12.1. The molecule has 0 saturated heterocycles. The van der Waals surface area contributed by atoms with Crippen molar-refractivity contribution in [2.75, 3.05) is 0 Å². The summed E-state index contributed by atoms with van der Waals surface area (Å²) in [5.74, 6) is 1.54. The second-order valence-corrected chi connectivity index (χ2v) is 6.16. The lowest BCUT2D eigenvalue weighted by atomic mass is 9.89. The molecule has 4 atom stereocenters. The first-order chi connectivity index (χ1) is 8.24. The minimum atomic E-state index is -0.193. The fourth-order valence-electron chi connectivity index (χ4n) is 3.28. The summed E-state index contributed by atoms with van der Waals surface area (Å²) in [5, 5.41) is 2.80. The number of thiazole rings is 1. The molecule has 2 aliphatic carbocycles. The van der Waals surface area contributed by atoms with Crippen molar-refractivity contribution in [3.63, 3.8) is 0 Å². The van der Waals surface area contributed by atoms with Gasteiger partial charge in [0.25, 0.3) is 0 Å². The average molecular weight is 251 g/mol. The van der Waals surface area contributed by atoms with Gasteiger partial charge in [-0.2, -0.15) is 0 Å². The van der Waals surface area contributed by atoms with E-state index in [0.29, 0.717) is 5.92 Å². The van der Waals surface area contributed by atoms with Crippen LogP contribution in [0, 0.1) is 17.8 Å². The van der Waals surface area contributed by atoms with Gasteiger partial charge in [0, 0.05) is 11.6 Å². The van der Waals surface area contributed by atoms with Crippen LogP contribution in [0.4, 0.5) is 0 Å². The molecule has 0 aromatic carbocycles. The summed E-state index contributed by atoms with van der Waals surface area (Å²) in [7, 11) is 0. The van der Waals surface area contributed by atoms with E-state index in [4.69, 9.17) is 4.74 Å². The topological polar surface area (TPSA) is 39.2 Å². The molecule has 17 heavy (non-hydrogen) atoms. The number of carbonyl (C=O) groups is 1. The van der Waals surface area contributed by atoms with Crippen LogP contribution in [0.1, 0.15) is 43.7 Å². The quantitative estimate of drug-likeness (QED) is 0.774. The Morgan fingerprint density at radius 3 is 3.00 bits per heavy atom. The molecule has 1 aromatic rings. The monoisotopic (exact) mass is 251 g/mol. The third-order valence-corrected chi connectivity index (χ3v) is 5.07. The summed E-state index contributed by atoms with van der Waals surface area (Å²) in [5.41, 5.74) is 0. The van der Waals surface area contributed by atoms with Crippen LogP contribution >= 0.6 is 11.3 Å². The number of esters is 1. The standard InChI is InChI=1S/C13H17NO2S/c1-8(12-14-4-5-17-12)16-13(15)11-7-9-2-3-10(11)6-9/h4-5,8-11H,2-3,6-7H2,1H3/t8-,9+,10+,11+/m1/s1. The number of ether oxygens (including phenoxy) is 1. The van der Waals surface area contributed by atoms with Crippen LogP contribution < -0.4 is 0 Å². The van der Waals surface area contributed by atoms with Crippen LogP contribution in [-0.2, 0) is 9.53 Å². The normalized spacial score (nSPS) is 32.6. The first-order valence-corrected chi connectivity index (χ1v) is 7.22. The number of hydrogen-bond donors (Lipinski definition) is 0. The van der Waals surface area contributed by atoms with E-state index in [1.54, 1.807) is 17.5 Å². The average Bonchev–Trinajstić information content (AvgIpc) is 3.05. The van der Waals surface area contributed by atoms with E-state index in [-0.39, 0.29) is 18.0 Å². The second-order valence-electron chi connectivity index (χ2n) is 5.23. The van der Waals surface area contributed by atoms with Gasteiger partial charge >= 0.3 is 5.97 Å². The maximum Gasteiger partial charge on any atom is 0.309 e. The predicted octanol–water partition coefficient (Wildman–Crippen LogP) is 3.18. The Balaban J connectivity index is 1.60. The van der Waals surface area contributed by atoms with Gasteiger partial charge in [0.2, 0.25) is 0 Å². The smallest absolute Gasteiger partial charge is 0.309 e. The summed E-state index contributed by atoms with van der Waals surface area (Å²) >= 11 is 1.54. The molecule has 1 heterocycles. The third kappa shape index (κ3) is 2.10. The van der Waals surface area contributed by atoms with Gasteiger partial charge in [-0.05, 0) is 38.0 Å². The minimum absolute atomic E-state index is 0.0000926. The Bertz CT molecular complexity index is 404. The summed E-state index contributed by atoms with van der Waals surface area (Å²) in [6.07, 6.45) is 6.38. The molecule has 2 bridgehead atoms. The summed E-state index contributed by atoms with van der Waals surface area (Å²) in [6.45, 7) is 1.91. The molecule has 0 spiro atoms. The second kappa shape index (κ2) is 4.41. The zero-order valence-electron chi connectivity index (χ0n) is 9.96. The first-order valence-electron chi connectivity index (χ1n) is 6.34. The SMILES string of the molecule is C[C@@H](OC(=O)[C@H]1C[C@H]2CC[C@H]1C2)c1nccs1. The fraction of sp³-hybridized carbons (Fsp3) is 0.692. The van der Waals surface area contributed by atoms with Crippen LogP contribution in [0.25, 0.3) is 0 Å². The highest BCUT2D eigenvalue weighted by Gasteiger charge is 2.44. The molecule has 0 radical (unpaired) electrons. The van der Waals surface area contributed by atoms with Gasteiger partial charge in [0.05, 0.1) is 5.92 Å². The van der Waals surface area contributed by atoms with Crippen molar-refractivity contribution >= 4 is 17.3 Å². The lowest BCUT2D eigenvalue weighted by molar-refractivity contribution is -0.155. The van der Waals surface area contributed by atoms with Crippen LogP contribution in [-0.4, -0.2) is 11.0 Å². The van der Waals surface area contributed by atoms with Crippen molar-refractivity contribution in [1.82, 2.24) is 4.98 Å². The molecule has 1 aromatic heterocycles. The Morgan fingerprint density at radius 2 is 2.41 bits per heavy atom. The Morgan fingerprint density at radius 1 is 1.53 bits per heavy atom. The van der Waals surface area contributed by atoms with Crippen molar-refractivity contribution in [1.29, 1.82) is 0 Å². The van der Waals surface area contributed by atoms with Crippen molar-refractivity contribution in [3.8, 4) is 0 Å². The van der Waals surface area contributed by atoms with E-state index in [2.05, 4.69) is 4.98 Å². The molecule has 92 valence electrons. The molecule has 0 amide bonds. The van der Waals surface area contributed by atoms with Gasteiger partial charge in [-0.1, -0.05) is 6.42 Å². The van der Waals surface area contributed by atoms with Crippen LogP contribution in [0.15, 0.2) is 11.6 Å². The highest BCUT2D eigenvalue weighted by atomic mass is 32.1. The molecule has 3 nitrogen and oxygen atoms in total. The molecule has 2 saturated carbocycles. The molecular weight excluding hydrogens is 234 g/mol. The lowest BCUT2D eigenvalue weighted by Crippen LogP contribution is -2.24. The molecule has 0 unspecified atom stereocenters. The molecular formula is C13H17NO2S. The van der Waals surface area contributed by atoms with Gasteiger partial charge in [0.15, 0.2) is 6.10 Å². The van der Waals surface area contributed by atoms with E-state index in [9.17, 15) is 4.79 Å². The molecule has 4 heteroatoms. The van der Waals surface area contributed by atoms with Gasteiger partial charge < -0.3 is 4.74 Å². The van der Waals surface area contributed by atoms with Crippen molar-refractivity contribution in [2.24, 2.45) is 17.8 Å². The number of fused-ring (bicyclic) bond motifs is 2. The van der Waals surface area contributed by atoms with Gasteiger partial charge in [-0.15, -0.1) is 11.3 Å². The minimum Gasteiger partial charge on any atom is -0.455 e. The maximum atomic E-state index is 12.1. The largest absolute Gasteiger partial charge is 0.455 e. The highest BCUT2D eigenvalue weighted by molar-refractivity contribution is 7.09. The zero-order valence-corrected chi connectivity index (χ0v) is 10.8. The number of hydrogen-bond acceptors (Lipinski definition) is 4. The van der Waals surface area contributed by atoms with Crippen LogP contribution in [0.5, 0.6) is 0 Å². The van der Waals surface area contributed by atoms with E-state index >= 15 is 0 Å². The fourth-order valence-corrected chi connectivity index (χ4v) is 3.90. The lowest BCUT2D eigenvalue weighted by Gasteiger charge is -2.21. The van der Waals surface area contributed by atoms with Crippen molar-refractivity contribution < 1.29 is 9.53 Å². The summed E-state index contributed by atoms with van der Waals surface area (Å²) < 4.78 is 5.54. The summed E-state index contributed by atoms with van der Waals surface area (Å²) in [4.78, 5) is 16.3. The van der Waals surface area contributed by atoms with E-state index < -0.39 is 0 Å². The number of nitrogens with zero attached hydrogens (tertiary/aromatic N) is 1. The van der Waals surface area contributed by atoms with Crippen LogP contribution in [0.3, 0.4) is 0 Å². The van der Waals surface area contributed by atoms with E-state index in [0.717, 1.165) is 17.3 Å². The van der Waals surface area contributed by atoms with Gasteiger partial charge in [-0.3, -0.25) is 4.79 Å². The first kappa shape index (κ1) is 11.2. The third-order valence-electron chi connectivity index (χ3n) is 4.13. The van der Waals surface area contributed by atoms with Crippen LogP contribution in [0.2, 0.25) is 0 Å². The predicted molar refractivity (Wildman–Crippen MR) is 65.6 cm³/mol. The zero-order chi connectivity index (χ0) is 11.8. The molecule has 0 aliphatic heterocycles. The Kier molecular flexibility index (Phi) is 2.90. The van der Waals surface area contributed by atoms with Gasteiger partial charge in [-0.25, -0.2) is 4.98 Å². The molecule has 2 aliphatic rings. The molecule has 0 N–H and O–H groups in total.